The summed E-state index contributed by atoms with van der Waals surface area (Å²) in [4.78, 5) is 10.6. The van der Waals surface area contributed by atoms with Crippen LogP contribution in [0, 0.1) is 5.92 Å². The molecular formula is C13H19N3S2. The predicted molar refractivity (Wildman–Crippen MR) is 80.7 cm³/mol. The van der Waals surface area contributed by atoms with Crippen LogP contribution in [0.15, 0.2) is 5.38 Å². The van der Waals surface area contributed by atoms with Crippen LogP contribution in [0.3, 0.4) is 0 Å². The number of aromatic nitrogens is 2. The average Bonchev–Trinajstić information content (AvgIpc) is 2.93. The number of nitrogens with one attached hydrogen (secondary N) is 1. The molecule has 2 aromatic rings. The van der Waals surface area contributed by atoms with Gasteiger partial charge in [-0.2, -0.15) is 0 Å². The molecule has 2 rings (SSSR count). The molecule has 0 aliphatic heterocycles. The summed E-state index contributed by atoms with van der Waals surface area (Å²) >= 11 is 3.44. The number of hydrogen-bond donors (Lipinski definition) is 1. The summed E-state index contributed by atoms with van der Waals surface area (Å²) in [5, 5.41) is 7.39. The van der Waals surface area contributed by atoms with E-state index in [1.807, 2.05) is 7.05 Å². The van der Waals surface area contributed by atoms with E-state index in [-0.39, 0.29) is 0 Å². The lowest BCUT2D eigenvalue weighted by molar-refractivity contribution is 0.643. The Kier molecular flexibility index (Phi) is 4.35. The third-order valence-corrected chi connectivity index (χ3v) is 4.61. The molecule has 0 saturated carbocycles. The molecule has 0 aliphatic rings. The maximum Gasteiger partial charge on any atom is 0.182 e. The van der Waals surface area contributed by atoms with Crippen LogP contribution in [0.4, 0.5) is 5.13 Å². The van der Waals surface area contributed by atoms with Gasteiger partial charge in [-0.05, 0) is 12.3 Å². The van der Waals surface area contributed by atoms with Crippen molar-refractivity contribution in [3.05, 3.63) is 16.1 Å². The fraction of sp³-hybridized carbons (Fsp3) is 0.538. The van der Waals surface area contributed by atoms with Crippen LogP contribution >= 0.6 is 22.7 Å². The van der Waals surface area contributed by atoms with Gasteiger partial charge >= 0.3 is 0 Å². The van der Waals surface area contributed by atoms with E-state index < -0.39 is 0 Å². The Balaban J connectivity index is 2.33. The van der Waals surface area contributed by atoms with Gasteiger partial charge < -0.3 is 5.32 Å². The normalized spacial score (nSPS) is 11.2. The molecule has 0 aliphatic carbocycles. The first-order valence-corrected chi connectivity index (χ1v) is 7.95. The van der Waals surface area contributed by atoms with Crippen LogP contribution in [-0.4, -0.2) is 17.0 Å². The SMILES string of the molecule is CCc1nc(CC(C)C)sc1-c1csc(NC)n1. The Morgan fingerprint density at radius 3 is 2.67 bits per heavy atom. The highest BCUT2D eigenvalue weighted by molar-refractivity contribution is 7.16. The summed E-state index contributed by atoms with van der Waals surface area (Å²) in [6, 6.07) is 0. The Hall–Kier alpha value is -0.940. The summed E-state index contributed by atoms with van der Waals surface area (Å²) < 4.78 is 0. The summed E-state index contributed by atoms with van der Waals surface area (Å²) in [5.41, 5.74) is 2.25. The quantitative estimate of drug-likeness (QED) is 0.897. The maximum absolute atomic E-state index is 4.74. The Morgan fingerprint density at radius 1 is 1.33 bits per heavy atom. The second kappa shape index (κ2) is 5.80. The minimum atomic E-state index is 0.650. The first-order chi connectivity index (χ1) is 8.63. The van der Waals surface area contributed by atoms with E-state index in [2.05, 4.69) is 36.5 Å². The van der Waals surface area contributed by atoms with E-state index in [4.69, 9.17) is 4.98 Å². The second-order valence-corrected chi connectivity index (χ2v) is 6.56. The Morgan fingerprint density at radius 2 is 2.11 bits per heavy atom. The van der Waals surface area contributed by atoms with Crippen molar-refractivity contribution >= 4 is 27.8 Å². The number of thiazole rings is 2. The van der Waals surface area contributed by atoms with Crippen LogP contribution in [0.25, 0.3) is 10.6 Å². The van der Waals surface area contributed by atoms with Gasteiger partial charge in [-0.15, -0.1) is 22.7 Å². The molecule has 0 aromatic carbocycles. The molecule has 0 saturated heterocycles. The van der Waals surface area contributed by atoms with E-state index in [9.17, 15) is 0 Å². The standard InChI is InChI=1S/C13H19N3S2/c1-5-9-12(10-7-17-13(14-4)16-10)18-11(15-9)6-8(2)3/h7-8H,5-6H2,1-4H3,(H,14,16). The van der Waals surface area contributed by atoms with Crippen LogP contribution in [0.1, 0.15) is 31.5 Å². The van der Waals surface area contributed by atoms with Gasteiger partial charge in [0.2, 0.25) is 0 Å². The summed E-state index contributed by atoms with van der Waals surface area (Å²) in [6.45, 7) is 6.62. The molecule has 0 bridgehead atoms. The van der Waals surface area contributed by atoms with Gasteiger partial charge in [0.15, 0.2) is 5.13 Å². The molecule has 0 unspecified atom stereocenters. The van der Waals surface area contributed by atoms with Gasteiger partial charge in [-0.1, -0.05) is 20.8 Å². The molecule has 0 radical (unpaired) electrons. The zero-order chi connectivity index (χ0) is 13.1. The van der Waals surface area contributed by atoms with Crippen molar-refractivity contribution in [1.82, 2.24) is 9.97 Å². The Labute approximate surface area is 116 Å². The molecule has 2 heterocycles. The topological polar surface area (TPSA) is 37.8 Å². The second-order valence-electron chi connectivity index (χ2n) is 4.62. The zero-order valence-electron chi connectivity index (χ0n) is 11.3. The number of nitrogens with zero attached hydrogens (tertiary/aromatic N) is 2. The third-order valence-electron chi connectivity index (χ3n) is 2.61. The maximum atomic E-state index is 4.74. The molecule has 3 nitrogen and oxygen atoms in total. The molecule has 0 spiro atoms. The van der Waals surface area contributed by atoms with Gasteiger partial charge in [0.25, 0.3) is 0 Å². The monoisotopic (exact) mass is 281 g/mol. The van der Waals surface area contributed by atoms with Crippen molar-refractivity contribution in [2.75, 3.05) is 12.4 Å². The minimum Gasteiger partial charge on any atom is -0.365 e. The van der Waals surface area contributed by atoms with Crippen molar-refractivity contribution in [2.24, 2.45) is 5.92 Å². The van der Waals surface area contributed by atoms with E-state index in [0.717, 1.165) is 23.7 Å². The highest BCUT2D eigenvalue weighted by atomic mass is 32.1. The van der Waals surface area contributed by atoms with Crippen molar-refractivity contribution in [3.63, 3.8) is 0 Å². The molecule has 1 N–H and O–H groups in total. The largest absolute Gasteiger partial charge is 0.365 e. The van der Waals surface area contributed by atoms with E-state index in [0.29, 0.717) is 5.92 Å². The van der Waals surface area contributed by atoms with Crippen molar-refractivity contribution in [3.8, 4) is 10.6 Å². The summed E-state index contributed by atoms with van der Waals surface area (Å²) in [7, 11) is 1.90. The van der Waals surface area contributed by atoms with Gasteiger partial charge in [0.05, 0.1) is 21.3 Å². The van der Waals surface area contributed by atoms with Crippen LogP contribution in [0.5, 0.6) is 0 Å². The molecule has 0 amide bonds. The lowest BCUT2D eigenvalue weighted by Crippen LogP contribution is -1.93. The number of hydrogen-bond acceptors (Lipinski definition) is 5. The van der Waals surface area contributed by atoms with Crippen molar-refractivity contribution in [2.45, 2.75) is 33.6 Å². The van der Waals surface area contributed by atoms with Gasteiger partial charge in [0, 0.05) is 18.8 Å². The van der Waals surface area contributed by atoms with Gasteiger partial charge in [-0.25, -0.2) is 9.97 Å². The minimum absolute atomic E-state index is 0.650. The highest BCUT2D eigenvalue weighted by Crippen LogP contribution is 2.33. The molecule has 98 valence electrons. The summed E-state index contributed by atoms with van der Waals surface area (Å²) in [6.07, 6.45) is 2.02. The smallest absolute Gasteiger partial charge is 0.182 e. The number of anilines is 1. The first kappa shape index (κ1) is 13.5. The zero-order valence-corrected chi connectivity index (χ0v) is 12.9. The highest BCUT2D eigenvalue weighted by Gasteiger charge is 2.15. The van der Waals surface area contributed by atoms with Crippen LogP contribution in [-0.2, 0) is 12.8 Å². The van der Waals surface area contributed by atoms with E-state index in [1.54, 1.807) is 22.7 Å². The fourth-order valence-electron chi connectivity index (χ4n) is 1.77. The van der Waals surface area contributed by atoms with Crippen molar-refractivity contribution < 1.29 is 0 Å². The molecule has 2 aromatic heterocycles. The average molecular weight is 281 g/mol. The molecular weight excluding hydrogens is 262 g/mol. The number of rotatable bonds is 5. The molecule has 5 heteroatoms. The molecule has 0 fully saturated rings. The van der Waals surface area contributed by atoms with Crippen LogP contribution in [0.2, 0.25) is 0 Å². The third kappa shape index (κ3) is 2.90. The number of aryl methyl sites for hydroxylation is 1. The van der Waals surface area contributed by atoms with Crippen LogP contribution < -0.4 is 5.32 Å². The van der Waals surface area contributed by atoms with Gasteiger partial charge in [0.1, 0.15) is 0 Å². The van der Waals surface area contributed by atoms with Gasteiger partial charge in [-0.3, -0.25) is 0 Å². The first-order valence-electron chi connectivity index (χ1n) is 6.26. The lowest BCUT2D eigenvalue weighted by atomic mass is 10.1. The van der Waals surface area contributed by atoms with E-state index in [1.165, 1.54) is 15.6 Å². The molecule has 0 atom stereocenters. The lowest BCUT2D eigenvalue weighted by Gasteiger charge is -1.98. The summed E-state index contributed by atoms with van der Waals surface area (Å²) in [5.74, 6) is 0.650. The van der Waals surface area contributed by atoms with Crippen molar-refractivity contribution in [1.29, 1.82) is 0 Å². The van der Waals surface area contributed by atoms with E-state index >= 15 is 0 Å². The molecule has 18 heavy (non-hydrogen) atoms. The Bertz CT molecular complexity index is 514. The fourth-order valence-corrected chi connectivity index (χ4v) is 3.83. The predicted octanol–water partition coefficient (Wildman–Crippen LogP) is 4.07.